The summed E-state index contributed by atoms with van der Waals surface area (Å²) in [7, 11) is -3.64. The molecule has 2 aromatic rings. The normalized spacial score (nSPS) is 11.7. The lowest BCUT2D eigenvalue weighted by Crippen LogP contribution is -2.23. The highest BCUT2D eigenvalue weighted by atomic mass is 79.9. The molecule has 0 aliphatic rings. The molecule has 1 heterocycles. The predicted octanol–water partition coefficient (Wildman–Crippen LogP) is 3.89. The number of sulfonamides is 1. The summed E-state index contributed by atoms with van der Waals surface area (Å²) in [5.41, 5.74) is 0.283. The minimum Gasteiger partial charge on any atom is -0.207 e. The topological polar surface area (TPSA) is 46.2 Å². The molecular formula is C11H8Br2FNO2S2. The summed E-state index contributed by atoms with van der Waals surface area (Å²) in [6, 6.07) is 6.04. The minimum absolute atomic E-state index is 0.0993. The van der Waals surface area contributed by atoms with Crippen molar-refractivity contribution < 1.29 is 12.8 Å². The van der Waals surface area contributed by atoms with Gasteiger partial charge in [-0.05, 0) is 45.6 Å². The molecule has 0 aliphatic heterocycles. The number of rotatable bonds is 4. The molecule has 102 valence electrons. The van der Waals surface area contributed by atoms with E-state index in [0.29, 0.717) is 8.95 Å². The van der Waals surface area contributed by atoms with Crippen molar-refractivity contribution in [2.45, 2.75) is 10.8 Å². The number of nitrogens with one attached hydrogen (secondary N) is 1. The van der Waals surface area contributed by atoms with Crippen LogP contribution in [0, 0.1) is 5.82 Å². The van der Waals surface area contributed by atoms with E-state index in [9.17, 15) is 12.8 Å². The Morgan fingerprint density at radius 1 is 1.26 bits per heavy atom. The van der Waals surface area contributed by atoms with Gasteiger partial charge in [-0.3, -0.25) is 0 Å². The quantitative estimate of drug-likeness (QED) is 0.802. The Morgan fingerprint density at radius 3 is 2.63 bits per heavy atom. The van der Waals surface area contributed by atoms with E-state index in [2.05, 4.69) is 36.6 Å². The van der Waals surface area contributed by atoms with Gasteiger partial charge in [-0.25, -0.2) is 17.5 Å². The standard InChI is InChI=1S/C11H8Br2FNO2S2/c12-8-1-2-10(14)7(5-8)6-15-19(16,17)11-9(13)3-4-18-11/h1-5,15H,6H2. The van der Waals surface area contributed by atoms with Gasteiger partial charge in [0.25, 0.3) is 10.0 Å². The van der Waals surface area contributed by atoms with E-state index in [-0.39, 0.29) is 16.3 Å². The van der Waals surface area contributed by atoms with E-state index in [1.165, 1.54) is 6.07 Å². The van der Waals surface area contributed by atoms with Gasteiger partial charge in [0.05, 0.1) is 0 Å². The van der Waals surface area contributed by atoms with Gasteiger partial charge in [-0.15, -0.1) is 11.3 Å². The van der Waals surface area contributed by atoms with Crippen molar-refractivity contribution in [3.8, 4) is 0 Å². The Morgan fingerprint density at radius 2 is 2.00 bits per heavy atom. The maximum Gasteiger partial charge on any atom is 0.251 e. The summed E-state index contributed by atoms with van der Waals surface area (Å²) < 4.78 is 41.3. The van der Waals surface area contributed by atoms with E-state index in [4.69, 9.17) is 0 Å². The van der Waals surface area contributed by atoms with Crippen LogP contribution in [0.15, 0.2) is 42.8 Å². The van der Waals surface area contributed by atoms with Crippen molar-refractivity contribution in [1.82, 2.24) is 4.72 Å². The number of thiophene rings is 1. The zero-order chi connectivity index (χ0) is 14.0. The Kier molecular flexibility index (Phi) is 4.78. The molecule has 0 bridgehead atoms. The van der Waals surface area contributed by atoms with Crippen molar-refractivity contribution in [3.05, 3.63) is 50.0 Å². The largest absolute Gasteiger partial charge is 0.251 e. The summed E-state index contributed by atoms with van der Waals surface area (Å²) in [6.45, 7) is -0.0993. The second-order valence-corrected chi connectivity index (χ2v) is 8.26. The number of halogens is 3. The average Bonchev–Trinajstić information content (AvgIpc) is 2.78. The van der Waals surface area contributed by atoms with Crippen molar-refractivity contribution in [2.75, 3.05) is 0 Å². The Labute approximate surface area is 131 Å². The summed E-state index contributed by atoms with van der Waals surface area (Å²) in [6.07, 6.45) is 0. The molecule has 0 radical (unpaired) electrons. The molecular weight excluding hydrogens is 421 g/mol. The molecule has 0 spiro atoms. The Hall–Kier alpha value is -0.280. The van der Waals surface area contributed by atoms with Crippen molar-refractivity contribution in [3.63, 3.8) is 0 Å². The third kappa shape index (κ3) is 3.63. The van der Waals surface area contributed by atoms with Gasteiger partial charge in [-0.1, -0.05) is 15.9 Å². The highest BCUT2D eigenvalue weighted by Crippen LogP contribution is 2.27. The lowest BCUT2D eigenvalue weighted by atomic mass is 10.2. The minimum atomic E-state index is -3.64. The van der Waals surface area contributed by atoms with Crippen LogP contribution in [0.4, 0.5) is 4.39 Å². The molecule has 0 aliphatic carbocycles. The third-order valence-corrected chi connectivity index (χ3v) is 6.85. The predicted molar refractivity (Wildman–Crippen MR) is 80.1 cm³/mol. The van der Waals surface area contributed by atoms with Gasteiger partial charge in [0, 0.05) is 21.1 Å². The van der Waals surface area contributed by atoms with Crippen LogP contribution < -0.4 is 4.72 Å². The monoisotopic (exact) mass is 427 g/mol. The fraction of sp³-hybridized carbons (Fsp3) is 0.0909. The maximum atomic E-state index is 13.5. The lowest BCUT2D eigenvalue weighted by Gasteiger charge is -2.07. The Balaban J connectivity index is 2.19. The SMILES string of the molecule is O=S(=O)(NCc1cc(Br)ccc1F)c1sccc1Br. The van der Waals surface area contributed by atoms with E-state index in [1.54, 1.807) is 23.6 Å². The molecule has 1 aromatic heterocycles. The molecule has 2 rings (SSSR count). The Bertz CT molecular complexity index is 700. The van der Waals surface area contributed by atoms with Gasteiger partial charge in [0.2, 0.25) is 0 Å². The molecule has 1 N–H and O–H groups in total. The first-order valence-electron chi connectivity index (χ1n) is 5.07. The molecule has 0 atom stereocenters. The first kappa shape index (κ1) is 15.1. The highest BCUT2D eigenvalue weighted by molar-refractivity contribution is 9.10. The second-order valence-electron chi connectivity index (χ2n) is 3.62. The van der Waals surface area contributed by atoms with Crippen LogP contribution in [0.5, 0.6) is 0 Å². The van der Waals surface area contributed by atoms with Crippen LogP contribution in [0.1, 0.15) is 5.56 Å². The lowest BCUT2D eigenvalue weighted by molar-refractivity contribution is 0.575. The number of benzene rings is 1. The fourth-order valence-electron chi connectivity index (χ4n) is 1.39. The number of hydrogen-bond acceptors (Lipinski definition) is 3. The van der Waals surface area contributed by atoms with Crippen LogP contribution in [-0.2, 0) is 16.6 Å². The zero-order valence-electron chi connectivity index (χ0n) is 9.36. The summed E-state index contributed by atoms with van der Waals surface area (Å²) in [5, 5.41) is 1.67. The summed E-state index contributed by atoms with van der Waals surface area (Å²) >= 11 is 7.48. The van der Waals surface area contributed by atoms with Crippen molar-refractivity contribution in [2.24, 2.45) is 0 Å². The van der Waals surface area contributed by atoms with Crippen LogP contribution in [0.3, 0.4) is 0 Å². The molecule has 0 unspecified atom stereocenters. The molecule has 0 saturated heterocycles. The van der Waals surface area contributed by atoms with E-state index < -0.39 is 15.8 Å². The fourth-order valence-corrected chi connectivity index (χ4v) is 5.18. The molecule has 19 heavy (non-hydrogen) atoms. The third-order valence-electron chi connectivity index (χ3n) is 2.29. The second kappa shape index (κ2) is 6.01. The summed E-state index contributed by atoms with van der Waals surface area (Å²) in [5.74, 6) is -0.448. The van der Waals surface area contributed by atoms with Gasteiger partial charge < -0.3 is 0 Å². The van der Waals surface area contributed by atoms with Crippen LogP contribution in [0.2, 0.25) is 0 Å². The highest BCUT2D eigenvalue weighted by Gasteiger charge is 2.19. The molecule has 0 fully saturated rings. The van der Waals surface area contributed by atoms with Crippen molar-refractivity contribution >= 4 is 53.2 Å². The first-order valence-corrected chi connectivity index (χ1v) is 9.01. The average molecular weight is 429 g/mol. The van der Waals surface area contributed by atoms with Gasteiger partial charge in [-0.2, -0.15) is 0 Å². The van der Waals surface area contributed by atoms with E-state index in [0.717, 1.165) is 11.3 Å². The maximum absolute atomic E-state index is 13.5. The van der Waals surface area contributed by atoms with Crippen molar-refractivity contribution in [1.29, 1.82) is 0 Å². The van der Waals surface area contributed by atoms with Gasteiger partial charge in [0.1, 0.15) is 10.0 Å². The first-order chi connectivity index (χ1) is 8.90. The van der Waals surface area contributed by atoms with Gasteiger partial charge in [0.15, 0.2) is 0 Å². The van der Waals surface area contributed by atoms with E-state index in [1.807, 2.05) is 0 Å². The van der Waals surface area contributed by atoms with Crippen LogP contribution in [-0.4, -0.2) is 8.42 Å². The molecule has 0 amide bonds. The zero-order valence-corrected chi connectivity index (χ0v) is 14.2. The molecule has 8 heteroatoms. The van der Waals surface area contributed by atoms with E-state index >= 15 is 0 Å². The van der Waals surface area contributed by atoms with Crippen LogP contribution >= 0.6 is 43.2 Å². The molecule has 1 aromatic carbocycles. The molecule has 3 nitrogen and oxygen atoms in total. The van der Waals surface area contributed by atoms with Crippen LogP contribution in [0.25, 0.3) is 0 Å². The van der Waals surface area contributed by atoms with Gasteiger partial charge >= 0.3 is 0 Å². The summed E-state index contributed by atoms with van der Waals surface area (Å²) in [4.78, 5) is 0. The smallest absolute Gasteiger partial charge is 0.207 e. The molecule has 0 saturated carbocycles. The number of hydrogen-bond donors (Lipinski definition) is 1.